The maximum absolute atomic E-state index is 10.7. The Morgan fingerprint density at radius 2 is 2.33 bits per heavy atom. The molecule has 0 bridgehead atoms. The number of rotatable bonds is 5. The first-order valence-electron chi connectivity index (χ1n) is 5.78. The Balaban J connectivity index is 1.96. The van der Waals surface area contributed by atoms with Crippen LogP contribution in [0.1, 0.15) is 19.8 Å². The maximum Gasteiger partial charge on any atom is 0.276 e. The summed E-state index contributed by atoms with van der Waals surface area (Å²) in [6, 6.07) is 2.86. The Morgan fingerprint density at radius 3 is 2.94 bits per heavy atom. The van der Waals surface area contributed by atoms with Crippen molar-refractivity contribution < 1.29 is 9.66 Å². The van der Waals surface area contributed by atoms with Gasteiger partial charge in [-0.15, -0.1) is 0 Å². The molecule has 0 spiro atoms. The van der Waals surface area contributed by atoms with Gasteiger partial charge in [0.2, 0.25) is 0 Å². The van der Waals surface area contributed by atoms with Crippen molar-refractivity contribution >= 4 is 23.1 Å². The van der Waals surface area contributed by atoms with E-state index in [1.165, 1.54) is 12.1 Å². The molecule has 0 amide bonds. The van der Waals surface area contributed by atoms with Crippen LogP contribution in [0.4, 0.5) is 11.5 Å². The van der Waals surface area contributed by atoms with E-state index < -0.39 is 4.92 Å². The summed E-state index contributed by atoms with van der Waals surface area (Å²) in [5, 5.41) is 13.9. The van der Waals surface area contributed by atoms with Gasteiger partial charge in [-0.05, 0) is 19.8 Å². The third-order valence-electron chi connectivity index (χ3n) is 2.84. The van der Waals surface area contributed by atoms with Crippen LogP contribution in [-0.2, 0) is 4.74 Å². The van der Waals surface area contributed by atoms with E-state index in [0.29, 0.717) is 12.4 Å². The molecule has 1 heterocycles. The minimum atomic E-state index is -0.484. The number of aromatic nitrogens is 1. The van der Waals surface area contributed by atoms with Crippen LogP contribution in [0.5, 0.6) is 0 Å². The SMILES string of the molecule is CCOC1CC(Nc2cc([N+](=O)[O-])cc(Cl)n2)C1. The van der Waals surface area contributed by atoms with E-state index in [4.69, 9.17) is 16.3 Å². The van der Waals surface area contributed by atoms with Crippen molar-refractivity contribution in [2.24, 2.45) is 0 Å². The molecule has 0 radical (unpaired) electrons. The molecular formula is C11H14ClN3O3. The number of pyridine rings is 1. The van der Waals surface area contributed by atoms with Gasteiger partial charge in [0.15, 0.2) is 0 Å². The van der Waals surface area contributed by atoms with Crippen LogP contribution in [0, 0.1) is 10.1 Å². The lowest BCUT2D eigenvalue weighted by molar-refractivity contribution is -0.384. The molecule has 7 heteroatoms. The number of hydrogen-bond acceptors (Lipinski definition) is 5. The van der Waals surface area contributed by atoms with Crippen LogP contribution in [0.3, 0.4) is 0 Å². The van der Waals surface area contributed by atoms with E-state index in [2.05, 4.69) is 10.3 Å². The first kappa shape index (κ1) is 13.0. The summed E-state index contributed by atoms with van der Waals surface area (Å²) in [6.45, 7) is 2.67. The average Bonchev–Trinajstić information content (AvgIpc) is 2.25. The Kier molecular flexibility index (Phi) is 3.98. The summed E-state index contributed by atoms with van der Waals surface area (Å²) in [6.07, 6.45) is 2.05. The highest BCUT2D eigenvalue weighted by molar-refractivity contribution is 6.29. The second kappa shape index (κ2) is 5.49. The third kappa shape index (κ3) is 3.08. The lowest BCUT2D eigenvalue weighted by Crippen LogP contribution is -2.41. The zero-order valence-corrected chi connectivity index (χ0v) is 10.7. The van der Waals surface area contributed by atoms with Crippen LogP contribution in [0.15, 0.2) is 12.1 Å². The molecule has 0 aromatic carbocycles. The summed E-state index contributed by atoms with van der Waals surface area (Å²) >= 11 is 5.74. The Labute approximate surface area is 109 Å². The minimum absolute atomic E-state index is 0.0572. The van der Waals surface area contributed by atoms with E-state index in [1.54, 1.807) is 0 Å². The molecule has 0 unspecified atom stereocenters. The molecule has 1 aliphatic rings. The quantitative estimate of drug-likeness (QED) is 0.506. The molecule has 1 saturated carbocycles. The summed E-state index contributed by atoms with van der Waals surface area (Å²) in [5.74, 6) is 0.439. The molecule has 2 rings (SSSR count). The van der Waals surface area contributed by atoms with E-state index in [0.717, 1.165) is 12.8 Å². The van der Waals surface area contributed by atoms with Gasteiger partial charge in [-0.25, -0.2) is 4.98 Å². The fraction of sp³-hybridized carbons (Fsp3) is 0.545. The first-order valence-corrected chi connectivity index (χ1v) is 6.16. The Bertz CT molecular complexity index is 449. The maximum atomic E-state index is 10.7. The fourth-order valence-electron chi connectivity index (χ4n) is 1.93. The summed E-state index contributed by atoms with van der Waals surface area (Å²) in [5.41, 5.74) is -0.0572. The number of nitrogens with one attached hydrogen (secondary N) is 1. The molecule has 6 nitrogen and oxygen atoms in total. The van der Waals surface area contributed by atoms with Crippen LogP contribution in [0.25, 0.3) is 0 Å². The lowest BCUT2D eigenvalue weighted by atomic mass is 9.89. The van der Waals surface area contributed by atoms with Gasteiger partial charge in [0.1, 0.15) is 11.0 Å². The number of halogens is 1. The van der Waals surface area contributed by atoms with Gasteiger partial charge >= 0.3 is 0 Å². The van der Waals surface area contributed by atoms with Crippen molar-refractivity contribution in [3.63, 3.8) is 0 Å². The lowest BCUT2D eigenvalue weighted by Gasteiger charge is -2.35. The molecular weight excluding hydrogens is 258 g/mol. The van der Waals surface area contributed by atoms with Gasteiger partial charge < -0.3 is 10.1 Å². The molecule has 0 saturated heterocycles. The van der Waals surface area contributed by atoms with Crippen LogP contribution < -0.4 is 5.32 Å². The van der Waals surface area contributed by atoms with Crippen molar-refractivity contribution in [1.29, 1.82) is 0 Å². The molecule has 1 aromatic heterocycles. The van der Waals surface area contributed by atoms with Crippen molar-refractivity contribution in [1.82, 2.24) is 4.98 Å². The second-order valence-corrected chi connectivity index (χ2v) is 4.57. The number of anilines is 1. The van der Waals surface area contributed by atoms with Crippen molar-refractivity contribution in [2.75, 3.05) is 11.9 Å². The van der Waals surface area contributed by atoms with E-state index in [9.17, 15) is 10.1 Å². The van der Waals surface area contributed by atoms with Gasteiger partial charge in [-0.2, -0.15) is 0 Å². The zero-order chi connectivity index (χ0) is 13.1. The van der Waals surface area contributed by atoms with E-state index >= 15 is 0 Å². The van der Waals surface area contributed by atoms with Crippen LogP contribution >= 0.6 is 11.6 Å². The fourth-order valence-corrected chi connectivity index (χ4v) is 2.13. The van der Waals surface area contributed by atoms with Crippen molar-refractivity contribution in [3.05, 3.63) is 27.4 Å². The van der Waals surface area contributed by atoms with Crippen LogP contribution in [-0.4, -0.2) is 28.7 Å². The highest BCUT2D eigenvalue weighted by atomic mass is 35.5. The van der Waals surface area contributed by atoms with Gasteiger partial charge in [-0.3, -0.25) is 10.1 Å². The number of nitrogens with zero attached hydrogens (tertiary/aromatic N) is 2. The number of ether oxygens (including phenoxy) is 1. The molecule has 1 aliphatic carbocycles. The van der Waals surface area contributed by atoms with Crippen LogP contribution in [0.2, 0.25) is 5.15 Å². The number of nitro groups is 1. The van der Waals surface area contributed by atoms with Crippen molar-refractivity contribution in [2.45, 2.75) is 31.9 Å². The summed E-state index contributed by atoms with van der Waals surface area (Å²) < 4.78 is 5.44. The Morgan fingerprint density at radius 1 is 1.61 bits per heavy atom. The number of hydrogen-bond donors (Lipinski definition) is 1. The van der Waals surface area contributed by atoms with E-state index in [1.807, 2.05) is 6.92 Å². The molecule has 98 valence electrons. The minimum Gasteiger partial charge on any atom is -0.378 e. The highest BCUT2D eigenvalue weighted by Crippen LogP contribution is 2.28. The highest BCUT2D eigenvalue weighted by Gasteiger charge is 2.30. The average molecular weight is 272 g/mol. The van der Waals surface area contributed by atoms with Gasteiger partial charge in [0.05, 0.1) is 23.2 Å². The van der Waals surface area contributed by atoms with Gasteiger partial charge in [0.25, 0.3) is 5.69 Å². The van der Waals surface area contributed by atoms with Gasteiger partial charge in [0, 0.05) is 12.6 Å². The third-order valence-corrected chi connectivity index (χ3v) is 3.03. The molecule has 1 N–H and O–H groups in total. The smallest absolute Gasteiger partial charge is 0.276 e. The van der Waals surface area contributed by atoms with Gasteiger partial charge in [-0.1, -0.05) is 11.6 Å². The monoisotopic (exact) mass is 271 g/mol. The molecule has 0 aliphatic heterocycles. The topological polar surface area (TPSA) is 77.3 Å². The van der Waals surface area contributed by atoms with Crippen molar-refractivity contribution in [3.8, 4) is 0 Å². The first-order chi connectivity index (χ1) is 8.58. The molecule has 0 atom stereocenters. The zero-order valence-electron chi connectivity index (χ0n) is 9.93. The Hall–Kier alpha value is -1.40. The molecule has 18 heavy (non-hydrogen) atoms. The second-order valence-electron chi connectivity index (χ2n) is 4.18. The standard InChI is InChI=1S/C11H14ClN3O3/c1-2-18-9-3-7(4-9)13-11-6-8(15(16)17)5-10(12)14-11/h5-7,9H,2-4H2,1H3,(H,13,14). The molecule has 1 fully saturated rings. The predicted molar refractivity (Wildman–Crippen MR) is 68.0 cm³/mol. The predicted octanol–water partition coefficient (Wildman–Crippen LogP) is 2.62. The summed E-state index contributed by atoms with van der Waals surface area (Å²) in [7, 11) is 0. The normalized spacial score (nSPS) is 22.3. The summed E-state index contributed by atoms with van der Waals surface area (Å²) in [4.78, 5) is 14.2. The van der Waals surface area contributed by atoms with E-state index in [-0.39, 0.29) is 23.0 Å². The molecule has 1 aromatic rings. The largest absolute Gasteiger partial charge is 0.378 e.